The van der Waals surface area contributed by atoms with E-state index >= 15 is 0 Å². The van der Waals surface area contributed by atoms with Gasteiger partial charge in [-0.1, -0.05) is 32.9 Å². The highest BCUT2D eigenvalue weighted by Gasteiger charge is 2.20. The third kappa shape index (κ3) is 5.80. The van der Waals surface area contributed by atoms with Crippen LogP contribution in [0.5, 0.6) is 5.75 Å². The molecule has 0 saturated carbocycles. The summed E-state index contributed by atoms with van der Waals surface area (Å²) in [7, 11) is 3.44. The van der Waals surface area contributed by atoms with Gasteiger partial charge in [-0.15, -0.1) is 0 Å². The second-order valence-electron chi connectivity index (χ2n) is 9.48. The molecule has 2 amide bonds. The van der Waals surface area contributed by atoms with E-state index in [2.05, 4.69) is 46.7 Å². The lowest BCUT2D eigenvalue weighted by Crippen LogP contribution is -2.26. The van der Waals surface area contributed by atoms with Crippen molar-refractivity contribution in [3.05, 3.63) is 77.6 Å². The van der Waals surface area contributed by atoms with Gasteiger partial charge in [0.15, 0.2) is 12.4 Å². The zero-order chi connectivity index (χ0) is 25.9. The molecule has 0 aliphatic heterocycles. The standard InChI is InChI=1S/C25H30N8O3/c1-25(2,3)18-6-8-19(9-7-18)36-16-33-11-10-20(30-33)23(34)29-21-14-28-32(5)22(21)24(35)26-12-17-13-27-31(4)15-17/h6-11,13-15H,12,16H2,1-5H3,(H,26,35)(H,29,34). The first kappa shape index (κ1) is 24.7. The number of anilines is 1. The average Bonchev–Trinajstić information content (AvgIpc) is 3.56. The maximum absolute atomic E-state index is 12.8. The van der Waals surface area contributed by atoms with Crippen molar-refractivity contribution in [3.8, 4) is 5.75 Å². The Labute approximate surface area is 209 Å². The molecule has 0 radical (unpaired) electrons. The number of hydrogen-bond donors (Lipinski definition) is 2. The number of aryl methyl sites for hydroxylation is 2. The van der Waals surface area contributed by atoms with Crippen LogP contribution >= 0.6 is 0 Å². The number of rotatable bonds is 8. The molecule has 0 bridgehead atoms. The Morgan fingerprint density at radius 2 is 1.75 bits per heavy atom. The van der Waals surface area contributed by atoms with Crippen molar-refractivity contribution in [2.24, 2.45) is 14.1 Å². The fourth-order valence-corrected chi connectivity index (χ4v) is 3.56. The van der Waals surface area contributed by atoms with Crippen LogP contribution in [0.15, 0.2) is 55.1 Å². The van der Waals surface area contributed by atoms with Crippen molar-refractivity contribution in [2.75, 3.05) is 5.32 Å². The summed E-state index contributed by atoms with van der Waals surface area (Å²) in [5.41, 5.74) is 2.85. The van der Waals surface area contributed by atoms with Crippen molar-refractivity contribution < 1.29 is 14.3 Å². The number of carbonyl (C=O) groups is 2. The highest BCUT2D eigenvalue weighted by molar-refractivity contribution is 6.07. The molecule has 0 saturated heterocycles. The number of hydrogen-bond acceptors (Lipinski definition) is 6. The summed E-state index contributed by atoms with van der Waals surface area (Å²) < 4.78 is 10.4. The lowest BCUT2D eigenvalue weighted by Gasteiger charge is -2.19. The maximum atomic E-state index is 12.8. The largest absolute Gasteiger partial charge is 0.471 e. The molecule has 11 heteroatoms. The van der Waals surface area contributed by atoms with Crippen LogP contribution in [0.1, 0.15) is 52.9 Å². The molecular formula is C25H30N8O3. The third-order valence-corrected chi connectivity index (χ3v) is 5.57. The Morgan fingerprint density at radius 1 is 1.00 bits per heavy atom. The quantitative estimate of drug-likeness (QED) is 0.392. The van der Waals surface area contributed by atoms with Gasteiger partial charge in [0.25, 0.3) is 11.8 Å². The van der Waals surface area contributed by atoms with Gasteiger partial charge in [0, 0.05) is 38.6 Å². The minimum atomic E-state index is -0.461. The van der Waals surface area contributed by atoms with E-state index in [0.717, 1.165) is 5.56 Å². The van der Waals surface area contributed by atoms with Crippen molar-refractivity contribution in [1.29, 1.82) is 0 Å². The van der Waals surface area contributed by atoms with Crippen molar-refractivity contribution in [2.45, 2.75) is 39.5 Å². The number of nitrogens with one attached hydrogen (secondary N) is 2. The second kappa shape index (κ2) is 10.1. The van der Waals surface area contributed by atoms with Crippen LogP contribution in [-0.2, 0) is 32.8 Å². The van der Waals surface area contributed by atoms with Gasteiger partial charge in [0.05, 0.1) is 18.1 Å². The molecule has 4 rings (SSSR count). The van der Waals surface area contributed by atoms with Crippen LogP contribution in [0.2, 0.25) is 0 Å². The van der Waals surface area contributed by atoms with Gasteiger partial charge < -0.3 is 15.4 Å². The monoisotopic (exact) mass is 490 g/mol. The smallest absolute Gasteiger partial charge is 0.276 e. The van der Waals surface area contributed by atoms with Crippen LogP contribution in [-0.4, -0.2) is 41.2 Å². The molecule has 3 aromatic heterocycles. The van der Waals surface area contributed by atoms with Crippen LogP contribution in [0, 0.1) is 0 Å². The fraction of sp³-hybridized carbons (Fsp3) is 0.320. The lowest BCUT2D eigenvalue weighted by atomic mass is 9.87. The van der Waals surface area contributed by atoms with Crippen LogP contribution in [0.25, 0.3) is 0 Å². The number of ether oxygens (including phenoxy) is 1. The predicted molar refractivity (Wildman–Crippen MR) is 134 cm³/mol. The molecule has 4 aromatic rings. The minimum absolute atomic E-state index is 0.0664. The summed E-state index contributed by atoms with van der Waals surface area (Å²) in [6.07, 6.45) is 6.57. The van der Waals surface area contributed by atoms with Crippen LogP contribution in [0.3, 0.4) is 0 Å². The zero-order valence-corrected chi connectivity index (χ0v) is 21.0. The SMILES string of the molecule is Cn1cc(CNC(=O)c2c(NC(=O)c3ccn(COc4ccc(C(C)(C)C)cc4)n3)cnn2C)cn1. The van der Waals surface area contributed by atoms with E-state index in [-0.39, 0.29) is 35.1 Å². The minimum Gasteiger partial charge on any atom is -0.471 e. The van der Waals surface area contributed by atoms with E-state index in [1.807, 2.05) is 30.5 Å². The van der Waals surface area contributed by atoms with Crippen LogP contribution in [0.4, 0.5) is 5.69 Å². The summed E-state index contributed by atoms with van der Waals surface area (Å²) in [4.78, 5) is 25.6. The average molecular weight is 491 g/mol. The molecule has 0 aliphatic rings. The Morgan fingerprint density at radius 3 is 2.42 bits per heavy atom. The normalized spacial score (nSPS) is 11.4. The van der Waals surface area contributed by atoms with Gasteiger partial charge in [-0.25, -0.2) is 4.68 Å². The lowest BCUT2D eigenvalue weighted by molar-refractivity contribution is 0.0942. The number of nitrogens with zero attached hydrogens (tertiary/aromatic N) is 6. The first-order valence-corrected chi connectivity index (χ1v) is 11.5. The van der Waals surface area contributed by atoms with Gasteiger partial charge >= 0.3 is 0 Å². The first-order valence-electron chi connectivity index (χ1n) is 11.5. The van der Waals surface area contributed by atoms with Crippen molar-refractivity contribution in [3.63, 3.8) is 0 Å². The second-order valence-corrected chi connectivity index (χ2v) is 9.48. The molecule has 0 spiro atoms. The molecule has 1 aromatic carbocycles. The van der Waals surface area contributed by atoms with Crippen molar-refractivity contribution >= 4 is 17.5 Å². The van der Waals surface area contributed by atoms with E-state index in [1.165, 1.54) is 21.1 Å². The van der Waals surface area contributed by atoms with Gasteiger partial charge in [0.1, 0.15) is 11.4 Å². The summed E-state index contributed by atoms with van der Waals surface area (Å²) >= 11 is 0. The van der Waals surface area contributed by atoms with E-state index in [4.69, 9.17) is 4.74 Å². The molecule has 36 heavy (non-hydrogen) atoms. The fourth-order valence-electron chi connectivity index (χ4n) is 3.56. The van der Waals surface area contributed by atoms with Gasteiger partial charge in [-0.05, 0) is 29.2 Å². The van der Waals surface area contributed by atoms with Gasteiger partial charge in [-0.3, -0.25) is 19.0 Å². The third-order valence-electron chi connectivity index (χ3n) is 5.57. The molecule has 2 N–H and O–H groups in total. The van der Waals surface area contributed by atoms with Gasteiger partial charge in [0.2, 0.25) is 0 Å². The summed E-state index contributed by atoms with van der Waals surface area (Å²) in [5.74, 6) is -0.120. The summed E-state index contributed by atoms with van der Waals surface area (Å²) in [6, 6.07) is 9.49. The highest BCUT2D eigenvalue weighted by Crippen LogP contribution is 2.24. The Balaban J connectivity index is 1.35. The predicted octanol–water partition coefficient (Wildman–Crippen LogP) is 2.87. The van der Waals surface area contributed by atoms with E-state index in [0.29, 0.717) is 12.3 Å². The topological polar surface area (TPSA) is 121 Å². The van der Waals surface area contributed by atoms with Gasteiger partial charge in [-0.2, -0.15) is 15.3 Å². The molecular weight excluding hydrogens is 460 g/mol. The molecule has 3 heterocycles. The summed E-state index contributed by atoms with van der Waals surface area (Å²) in [6.45, 7) is 6.92. The number of aromatic nitrogens is 6. The number of amides is 2. The Kier molecular flexibility index (Phi) is 6.91. The maximum Gasteiger partial charge on any atom is 0.276 e. The molecule has 0 fully saturated rings. The Hall–Kier alpha value is -4.41. The summed E-state index contributed by atoms with van der Waals surface area (Å²) in [5, 5.41) is 18.0. The zero-order valence-electron chi connectivity index (χ0n) is 21.0. The number of benzene rings is 1. The van der Waals surface area contributed by atoms with E-state index < -0.39 is 5.91 Å². The molecule has 188 valence electrons. The highest BCUT2D eigenvalue weighted by atomic mass is 16.5. The van der Waals surface area contributed by atoms with Crippen molar-refractivity contribution in [1.82, 2.24) is 34.7 Å². The van der Waals surface area contributed by atoms with Crippen LogP contribution < -0.4 is 15.4 Å². The first-order chi connectivity index (χ1) is 17.1. The molecule has 0 aliphatic carbocycles. The Bertz CT molecular complexity index is 1360. The molecule has 0 unspecified atom stereocenters. The van der Waals surface area contributed by atoms with E-state index in [9.17, 15) is 9.59 Å². The van der Waals surface area contributed by atoms with E-state index in [1.54, 1.807) is 37.2 Å². The molecule has 11 nitrogen and oxygen atoms in total. The molecule has 0 atom stereocenters. The number of carbonyl (C=O) groups excluding carboxylic acids is 2.